The molecule has 0 bridgehead atoms. The Morgan fingerprint density at radius 1 is 1.57 bits per heavy atom. The van der Waals surface area contributed by atoms with Crippen LogP contribution in [0.15, 0.2) is 17.2 Å². The molecule has 8 nitrogen and oxygen atoms in total. The summed E-state index contributed by atoms with van der Waals surface area (Å²) in [6, 6.07) is 2.77. The Morgan fingerprint density at radius 3 is 2.76 bits per heavy atom. The van der Waals surface area contributed by atoms with E-state index in [9.17, 15) is 15.2 Å². The Labute approximate surface area is 127 Å². The van der Waals surface area contributed by atoms with Crippen molar-refractivity contribution in [3.63, 3.8) is 0 Å². The molecule has 1 rings (SSSR count). The fourth-order valence-electron chi connectivity index (χ4n) is 1.44. The average Bonchev–Trinajstić information content (AvgIpc) is 2.39. The fraction of sp³-hybridized carbons (Fsp3) is 0.333. The summed E-state index contributed by atoms with van der Waals surface area (Å²) in [5.74, 6) is -0.530. The van der Waals surface area contributed by atoms with E-state index < -0.39 is 16.4 Å². The minimum Gasteiger partial charge on any atom is -0.500 e. The van der Waals surface area contributed by atoms with Crippen LogP contribution in [-0.2, 0) is 0 Å². The zero-order valence-corrected chi connectivity index (χ0v) is 12.6. The van der Waals surface area contributed by atoms with E-state index in [-0.39, 0.29) is 11.8 Å². The predicted molar refractivity (Wildman–Crippen MR) is 82.9 cm³/mol. The lowest BCUT2D eigenvalue weighted by atomic mass is 10.2. The first-order chi connectivity index (χ1) is 9.85. The number of phenolic OH excluding ortho intramolecular Hbond substituents is 1. The minimum atomic E-state index is -0.701. The maximum Gasteiger partial charge on any atom is 0.315 e. The van der Waals surface area contributed by atoms with Gasteiger partial charge < -0.3 is 15.2 Å². The number of hydrogen-bond acceptors (Lipinski definition) is 6. The SMILES string of the molecule is COc1cc(/C=N/NC(=S)NC(C)C)cc([N+](=O)[O-])c1O. The number of ether oxygens (including phenoxy) is 1. The van der Waals surface area contributed by atoms with Crippen molar-refractivity contribution in [2.45, 2.75) is 19.9 Å². The van der Waals surface area contributed by atoms with Crippen LogP contribution >= 0.6 is 12.2 Å². The van der Waals surface area contributed by atoms with Gasteiger partial charge in [0.05, 0.1) is 18.2 Å². The van der Waals surface area contributed by atoms with E-state index in [1.165, 1.54) is 25.5 Å². The smallest absolute Gasteiger partial charge is 0.315 e. The molecule has 0 saturated carbocycles. The summed E-state index contributed by atoms with van der Waals surface area (Å²) in [4.78, 5) is 10.1. The van der Waals surface area contributed by atoms with Crippen LogP contribution in [0.5, 0.6) is 11.5 Å². The summed E-state index contributed by atoms with van der Waals surface area (Å²) in [6.45, 7) is 3.85. The lowest BCUT2D eigenvalue weighted by molar-refractivity contribution is -0.386. The molecule has 1 aromatic rings. The van der Waals surface area contributed by atoms with Crippen LogP contribution in [0.3, 0.4) is 0 Å². The summed E-state index contributed by atoms with van der Waals surface area (Å²) in [7, 11) is 1.31. The van der Waals surface area contributed by atoms with E-state index in [1.54, 1.807) is 0 Å². The van der Waals surface area contributed by atoms with Crippen molar-refractivity contribution in [3.8, 4) is 11.5 Å². The van der Waals surface area contributed by atoms with E-state index in [4.69, 9.17) is 17.0 Å². The number of nitrogens with zero attached hydrogens (tertiary/aromatic N) is 2. The monoisotopic (exact) mass is 312 g/mol. The van der Waals surface area contributed by atoms with Gasteiger partial charge >= 0.3 is 5.69 Å². The molecule has 0 aliphatic heterocycles. The second-order valence-corrected chi connectivity index (χ2v) is 4.75. The van der Waals surface area contributed by atoms with Crippen LogP contribution < -0.4 is 15.5 Å². The van der Waals surface area contributed by atoms with E-state index in [2.05, 4.69) is 15.8 Å². The van der Waals surface area contributed by atoms with Gasteiger partial charge in [-0.15, -0.1) is 0 Å². The molecule has 1 aromatic carbocycles. The number of methoxy groups -OCH3 is 1. The molecule has 114 valence electrons. The minimum absolute atomic E-state index is 0.00599. The molecule has 0 heterocycles. The standard InChI is InChI=1S/C12H16N4O4S/c1-7(2)14-12(21)15-13-6-8-4-9(16(18)19)11(17)10(5-8)20-3/h4-7,17H,1-3H3,(H2,14,15,21)/b13-6+. The van der Waals surface area contributed by atoms with Crippen LogP contribution in [0.25, 0.3) is 0 Å². The van der Waals surface area contributed by atoms with Gasteiger partial charge in [0.25, 0.3) is 0 Å². The second kappa shape index (κ2) is 7.39. The highest BCUT2D eigenvalue weighted by Gasteiger charge is 2.19. The molecule has 0 amide bonds. The Hall–Kier alpha value is -2.42. The number of nitro benzene ring substituents is 1. The van der Waals surface area contributed by atoms with Gasteiger partial charge in [-0.25, -0.2) is 0 Å². The third kappa shape index (κ3) is 4.88. The van der Waals surface area contributed by atoms with Crippen LogP contribution in [0, 0.1) is 10.1 Å². The number of hydrogen-bond donors (Lipinski definition) is 3. The van der Waals surface area contributed by atoms with Gasteiger partial charge in [0, 0.05) is 17.7 Å². The van der Waals surface area contributed by atoms with E-state index in [0.717, 1.165) is 0 Å². The van der Waals surface area contributed by atoms with Gasteiger partial charge in [-0.3, -0.25) is 15.5 Å². The van der Waals surface area contributed by atoms with Gasteiger partial charge in [0.2, 0.25) is 5.75 Å². The predicted octanol–water partition coefficient (Wildman–Crippen LogP) is 1.52. The number of thiocarbonyl (C=S) groups is 1. The number of rotatable bonds is 5. The number of phenols is 1. The van der Waals surface area contributed by atoms with Gasteiger partial charge in [-0.05, 0) is 32.1 Å². The zero-order chi connectivity index (χ0) is 16.0. The highest BCUT2D eigenvalue weighted by Crippen LogP contribution is 2.36. The Kier molecular flexibility index (Phi) is 5.85. The third-order valence-corrected chi connectivity index (χ3v) is 2.50. The van der Waals surface area contributed by atoms with E-state index in [0.29, 0.717) is 10.7 Å². The average molecular weight is 312 g/mol. The number of hydrazone groups is 1. The van der Waals surface area contributed by atoms with Gasteiger partial charge in [0.15, 0.2) is 10.9 Å². The summed E-state index contributed by atoms with van der Waals surface area (Å²) in [5, 5.41) is 27.6. The van der Waals surface area contributed by atoms with Crippen molar-refractivity contribution in [3.05, 3.63) is 27.8 Å². The second-order valence-electron chi connectivity index (χ2n) is 4.35. The molecule has 0 fully saturated rings. The van der Waals surface area contributed by atoms with Crippen molar-refractivity contribution < 1.29 is 14.8 Å². The zero-order valence-electron chi connectivity index (χ0n) is 11.8. The lowest BCUT2D eigenvalue weighted by Gasteiger charge is -2.09. The first-order valence-corrected chi connectivity index (χ1v) is 6.41. The highest BCUT2D eigenvalue weighted by atomic mass is 32.1. The number of aromatic hydroxyl groups is 1. The van der Waals surface area contributed by atoms with Gasteiger partial charge in [-0.1, -0.05) is 0 Å². The van der Waals surface area contributed by atoms with Gasteiger partial charge in [-0.2, -0.15) is 5.10 Å². The van der Waals surface area contributed by atoms with Crippen molar-refractivity contribution in [2.24, 2.45) is 5.10 Å². The molecule has 0 spiro atoms. The molecular formula is C12H16N4O4S. The molecule has 3 N–H and O–H groups in total. The van der Waals surface area contributed by atoms with Crippen LogP contribution in [0.2, 0.25) is 0 Å². The maximum atomic E-state index is 10.8. The number of benzene rings is 1. The van der Waals surface area contributed by atoms with Crippen LogP contribution in [0.4, 0.5) is 5.69 Å². The lowest BCUT2D eigenvalue weighted by Crippen LogP contribution is -2.36. The molecule has 0 radical (unpaired) electrons. The van der Waals surface area contributed by atoms with Crippen molar-refractivity contribution in [1.29, 1.82) is 0 Å². The van der Waals surface area contributed by atoms with Crippen molar-refractivity contribution >= 4 is 29.2 Å². The summed E-state index contributed by atoms with van der Waals surface area (Å²) in [5.41, 5.74) is 2.51. The summed E-state index contributed by atoms with van der Waals surface area (Å²) < 4.78 is 4.88. The van der Waals surface area contributed by atoms with Crippen LogP contribution in [0.1, 0.15) is 19.4 Å². The summed E-state index contributed by atoms with van der Waals surface area (Å²) >= 11 is 4.97. The summed E-state index contributed by atoms with van der Waals surface area (Å²) in [6.07, 6.45) is 1.34. The normalized spacial score (nSPS) is 10.7. The quantitative estimate of drug-likeness (QED) is 0.327. The first-order valence-electron chi connectivity index (χ1n) is 6.00. The Bertz CT molecular complexity index is 575. The molecule has 21 heavy (non-hydrogen) atoms. The Morgan fingerprint density at radius 2 is 2.24 bits per heavy atom. The maximum absolute atomic E-state index is 10.8. The molecule has 0 saturated heterocycles. The highest BCUT2D eigenvalue weighted by molar-refractivity contribution is 7.80. The molecule has 0 aromatic heterocycles. The molecule has 0 atom stereocenters. The number of nitro groups is 1. The van der Waals surface area contributed by atoms with E-state index in [1.807, 2.05) is 13.8 Å². The number of nitrogens with one attached hydrogen (secondary N) is 2. The topological polar surface area (TPSA) is 109 Å². The van der Waals surface area contributed by atoms with Crippen molar-refractivity contribution in [2.75, 3.05) is 7.11 Å². The molecule has 0 aliphatic carbocycles. The van der Waals surface area contributed by atoms with Gasteiger partial charge in [0.1, 0.15) is 0 Å². The van der Waals surface area contributed by atoms with Crippen LogP contribution in [-0.4, -0.2) is 34.5 Å². The fourth-order valence-corrected chi connectivity index (χ4v) is 1.73. The van der Waals surface area contributed by atoms with Crippen molar-refractivity contribution in [1.82, 2.24) is 10.7 Å². The van der Waals surface area contributed by atoms with E-state index >= 15 is 0 Å². The molecule has 0 aliphatic rings. The molecular weight excluding hydrogens is 296 g/mol. The first kappa shape index (κ1) is 16.6. The third-order valence-electron chi connectivity index (χ3n) is 2.29. The largest absolute Gasteiger partial charge is 0.500 e. The Balaban J connectivity index is 2.91. The molecule has 0 unspecified atom stereocenters. The molecule has 9 heteroatoms.